The van der Waals surface area contributed by atoms with Crippen molar-refractivity contribution >= 4 is 5.78 Å². The lowest BCUT2D eigenvalue weighted by atomic mass is 9.93. The van der Waals surface area contributed by atoms with Crippen LogP contribution < -0.4 is 0 Å². The summed E-state index contributed by atoms with van der Waals surface area (Å²) in [6.45, 7) is 4.02. The number of piperidine rings is 1. The number of hydrogen-bond donors (Lipinski definition) is 0. The fourth-order valence-corrected chi connectivity index (χ4v) is 3.17. The highest BCUT2D eigenvalue weighted by atomic mass is 16.1. The van der Waals surface area contributed by atoms with Gasteiger partial charge in [0.1, 0.15) is 0 Å². The van der Waals surface area contributed by atoms with E-state index in [4.69, 9.17) is 0 Å². The zero-order chi connectivity index (χ0) is 12.3. The van der Waals surface area contributed by atoms with E-state index in [1.54, 1.807) is 0 Å². The smallest absolute Gasteiger partial charge is 0.154 e. The minimum Gasteiger partial charge on any atom is -0.362 e. The molecule has 2 aliphatic rings. The molecule has 2 nitrogen and oxygen atoms in total. The maximum atomic E-state index is 12.0. The zero-order valence-electron chi connectivity index (χ0n) is 11.0. The van der Waals surface area contributed by atoms with E-state index in [9.17, 15) is 4.79 Å². The van der Waals surface area contributed by atoms with Crippen molar-refractivity contribution in [1.82, 2.24) is 4.90 Å². The number of ketones is 1. The van der Waals surface area contributed by atoms with Crippen molar-refractivity contribution in [3.63, 3.8) is 0 Å². The molecule has 0 unspecified atom stereocenters. The van der Waals surface area contributed by atoms with Crippen LogP contribution in [0.2, 0.25) is 0 Å². The fourth-order valence-electron chi connectivity index (χ4n) is 3.17. The van der Waals surface area contributed by atoms with Crippen molar-refractivity contribution in [1.29, 1.82) is 0 Å². The average Bonchev–Trinajstić information content (AvgIpc) is 2.78. The van der Waals surface area contributed by atoms with Gasteiger partial charge < -0.3 is 4.90 Å². The van der Waals surface area contributed by atoms with E-state index in [1.165, 1.54) is 25.0 Å². The molecule has 94 valence electrons. The van der Waals surface area contributed by atoms with Crippen LogP contribution in [-0.4, -0.2) is 22.8 Å². The van der Waals surface area contributed by atoms with Crippen LogP contribution in [0, 0.1) is 0 Å². The Hall–Kier alpha value is -1.05. The van der Waals surface area contributed by atoms with Gasteiger partial charge >= 0.3 is 0 Å². The second-order valence-corrected chi connectivity index (χ2v) is 5.05. The lowest BCUT2D eigenvalue weighted by Gasteiger charge is -2.39. The maximum Gasteiger partial charge on any atom is 0.154 e. The van der Waals surface area contributed by atoms with Crippen molar-refractivity contribution in [2.45, 2.75) is 64.5 Å². The minimum absolute atomic E-state index is 0.165. The Balaban J connectivity index is 2.20. The Labute approximate surface area is 104 Å². The van der Waals surface area contributed by atoms with Gasteiger partial charge in [0.15, 0.2) is 5.78 Å². The highest BCUT2D eigenvalue weighted by molar-refractivity contribution is 5.84. The fraction of sp³-hybridized carbons (Fsp3) is 0.667. The second kappa shape index (κ2) is 5.52. The summed E-state index contributed by atoms with van der Waals surface area (Å²) in [6, 6.07) is 0.790. The molecule has 0 amide bonds. The van der Waals surface area contributed by atoms with E-state index in [0.717, 1.165) is 12.8 Å². The first-order chi connectivity index (χ1) is 8.27. The van der Waals surface area contributed by atoms with Crippen LogP contribution in [0.3, 0.4) is 0 Å². The molecule has 0 radical (unpaired) electrons. The second-order valence-electron chi connectivity index (χ2n) is 5.05. The van der Waals surface area contributed by atoms with Gasteiger partial charge in [0, 0.05) is 18.2 Å². The monoisotopic (exact) mass is 233 g/mol. The number of Topliss-reactive ketones (excluding diaryl/α,β-unsaturated/α-hetero) is 1. The standard InChI is InChI=1S/C15H23NO/c1-3-5-7-12-10-11-13-8-6-9-14(16(12)13)15(17)4-2/h3,5,7,13-14H,4,6,8-11H2,1-2H3/b5-3-,12-7+/t13-,14-/m1/s1. The zero-order valence-corrected chi connectivity index (χ0v) is 11.0. The summed E-state index contributed by atoms with van der Waals surface area (Å²) in [7, 11) is 0. The summed E-state index contributed by atoms with van der Waals surface area (Å²) in [4.78, 5) is 14.5. The highest BCUT2D eigenvalue weighted by Crippen LogP contribution is 2.38. The quantitative estimate of drug-likeness (QED) is 0.744. The largest absolute Gasteiger partial charge is 0.362 e. The lowest BCUT2D eigenvalue weighted by Crippen LogP contribution is -2.46. The molecule has 0 aromatic rings. The van der Waals surface area contributed by atoms with Crippen molar-refractivity contribution in [2.24, 2.45) is 0 Å². The van der Waals surface area contributed by atoms with Gasteiger partial charge in [0.2, 0.25) is 0 Å². The van der Waals surface area contributed by atoms with E-state index in [2.05, 4.69) is 23.1 Å². The summed E-state index contributed by atoms with van der Waals surface area (Å²) in [5.41, 5.74) is 1.37. The summed E-state index contributed by atoms with van der Waals surface area (Å²) < 4.78 is 0. The Morgan fingerprint density at radius 2 is 2.24 bits per heavy atom. The Bertz CT molecular complexity index is 343. The first-order valence-electron chi connectivity index (χ1n) is 6.90. The van der Waals surface area contributed by atoms with Crippen LogP contribution in [0.5, 0.6) is 0 Å². The van der Waals surface area contributed by atoms with Crippen molar-refractivity contribution < 1.29 is 4.79 Å². The average molecular weight is 233 g/mol. The SMILES string of the molecule is C/C=C\C=C1/CC[C@H]2CCC[C@H](C(=O)CC)N12. The molecule has 0 N–H and O–H groups in total. The van der Waals surface area contributed by atoms with Crippen molar-refractivity contribution in [2.75, 3.05) is 0 Å². The lowest BCUT2D eigenvalue weighted by molar-refractivity contribution is -0.124. The van der Waals surface area contributed by atoms with Gasteiger partial charge in [-0.25, -0.2) is 0 Å². The van der Waals surface area contributed by atoms with Crippen molar-refractivity contribution in [3.05, 3.63) is 23.9 Å². The summed E-state index contributed by atoms with van der Waals surface area (Å²) in [6.07, 6.45) is 12.9. The summed E-state index contributed by atoms with van der Waals surface area (Å²) in [5.74, 6) is 0.419. The molecule has 2 saturated heterocycles. The molecular weight excluding hydrogens is 210 g/mol. The number of carbonyl (C=O) groups is 1. The van der Waals surface area contributed by atoms with E-state index in [1.807, 2.05) is 13.8 Å². The van der Waals surface area contributed by atoms with Gasteiger partial charge in [0.25, 0.3) is 0 Å². The number of nitrogens with zero attached hydrogens (tertiary/aromatic N) is 1. The van der Waals surface area contributed by atoms with Crippen LogP contribution in [0.15, 0.2) is 23.9 Å². The first-order valence-corrected chi connectivity index (χ1v) is 6.90. The summed E-state index contributed by atoms with van der Waals surface area (Å²) >= 11 is 0. The number of hydrogen-bond acceptors (Lipinski definition) is 2. The highest BCUT2D eigenvalue weighted by Gasteiger charge is 2.38. The van der Waals surface area contributed by atoms with E-state index in [-0.39, 0.29) is 6.04 Å². The third-order valence-corrected chi connectivity index (χ3v) is 4.01. The van der Waals surface area contributed by atoms with Gasteiger partial charge in [-0.1, -0.05) is 19.1 Å². The van der Waals surface area contributed by atoms with Gasteiger partial charge in [-0.15, -0.1) is 0 Å². The van der Waals surface area contributed by atoms with E-state index in [0.29, 0.717) is 18.2 Å². The Kier molecular flexibility index (Phi) is 4.03. The first kappa shape index (κ1) is 12.4. The van der Waals surface area contributed by atoms with E-state index >= 15 is 0 Å². The molecular formula is C15H23NO. The molecule has 2 rings (SSSR count). The normalized spacial score (nSPS) is 31.2. The third kappa shape index (κ3) is 2.46. The van der Waals surface area contributed by atoms with Crippen LogP contribution in [0.1, 0.15) is 52.4 Å². The minimum atomic E-state index is 0.165. The van der Waals surface area contributed by atoms with Gasteiger partial charge in [-0.3, -0.25) is 4.79 Å². The van der Waals surface area contributed by atoms with Gasteiger partial charge in [0.05, 0.1) is 6.04 Å². The molecule has 0 spiro atoms. The number of rotatable bonds is 3. The summed E-state index contributed by atoms with van der Waals surface area (Å²) in [5, 5.41) is 0. The van der Waals surface area contributed by atoms with Crippen molar-refractivity contribution in [3.8, 4) is 0 Å². The number of fused-ring (bicyclic) bond motifs is 1. The molecule has 17 heavy (non-hydrogen) atoms. The van der Waals surface area contributed by atoms with Crippen LogP contribution in [0.25, 0.3) is 0 Å². The number of allylic oxidation sites excluding steroid dienone is 4. The van der Waals surface area contributed by atoms with Gasteiger partial charge in [-0.05, 0) is 45.1 Å². The van der Waals surface area contributed by atoms with Gasteiger partial charge in [-0.2, -0.15) is 0 Å². The predicted molar refractivity (Wildman–Crippen MR) is 70.7 cm³/mol. The molecule has 2 atom stereocenters. The molecule has 2 aliphatic heterocycles. The molecule has 2 heteroatoms. The van der Waals surface area contributed by atoms with E-state index < -0.39 is 0 Å². The molecule has 0 aromatic carbocycles. The molecule has 0 aromatic heterocycles. The van der Waals surface area contributed by atoms with Crippen LogP contribution >= 0.6 is 0 Å². The molecule has 0 bridgehead atoms. The van der Waals surface area contributed by atoms with Crippen LogP contribution in [0.4, 0.5) is 0 Å². The Morgan fingerprint density at radius 1 is 1.41 bits per heavy atom. The molecule has 2 heterocycles. The predicted octanol–water partition coefficient (Wildman–Crippen LogP) is 3.44. The molecule has 2 fully saturated rings. The van der Waals surface area contributed by atoms with Crippen LogP contribution in [-0.2, 0) is 4.79 Å². The number of carbonyl (C=O) groups excluding carboxylic acids is 1. The third-order valence-electron chi connectivity index (χ3n) is 4.01. The molecule has 0 saturated carbocycles. The Morgan fingerprint density at radius 3 is 2.94 bits per heavy atom. The maximum absolute atomic E-state index is 12.0. The topological polar surface area (TPSA) is 20.3 Å². The molecule has 0 aliphatic carbocycles.